The molecule has 0 spiro atoms. The molecule has 0 radical (unpaired) electrons. The van der Waals surface area contributed by atoms with Crippen molar-refractivity contribution < 1.29 is 76.0 Å². The van der Waals surface area contributed by atoms with Crippen LogP contribution in [0.15, 0.2) is 29.2 Å². The lowest BCUT2D eigenvalue weighted by molar-refractivity contribution is -0.870. The van der Waals surface area contributed by atoms with Crippen LogP contribution in [0.5, 0.6) is 0 Å². The van der Waals surface area contributed by atoms with Gasteiger partial charge in [-0.15, -0.1) is 0 Å². The summed E-state index contributed by atoms with van der Waals surface area (Å²) >= 11 is 0. The van der Waals surface area contributed by atoms with E-state index in [9.17, 15) is 62.1 Å². The van der Waals surface area contributed by atoms with Crippen molar-refractivity contribution in [3.8, 4) is 0 Å². The maximum atomic E-state index is 13.5. The lowest BCUT2D eigenvalue weighted by Gasteiger charge is -2.33. The number of hydrogen-bond acceptors (Lipinski definition) is 8. The number of aryl methyl sites for hydroxylation is 1. The molecule has 1 rings (SSSR count). The summed E-state index contributed by atoms with van der Waals surface area (Å²) in [7, 11) is 2.34. The average Bonchev–Trinajstić information content (AvgIpc) is 2.84. The molecule has 0 aliphatic heterocycles. The second kappa shape index (κ2) is 15.4. The van der Waals surface area contributed by atoms with Crippen LogP contribution >= 0.6 is 0 Å². The summed E-state index contributed by atoms with van der Waals surface area (Å²) in [5.41, 5.74) is 0.928. The number of carbonyl (C=O) groups excluding carboxylic acids is 2. The van der Waals surface area contributed by atoms with E-state index in [0.717, 1.165) is 12.7 Å². The number of methoxy groups -OCH3 is 1. The number of quaternary nitrogens is 1. The van der Waals surface area contributed by atoms with E-state index in [1.54, 1.807) is 12.1 Å². The number of benzene rings is 1. The zero-order valence-corrected chi connectivity index (χ0v) is 24.6. The number of carbonyl (C=O) groups is 2. The van der Waals surface area contributed by atoms with E-state index in [0.29, 0.717) is 17.4 Å². The minimum Gasteiger partial charge on any atom is -0.744 e. The van der Waals surface area contributed by atoms with Gasteiger partial charge in [0.25, 0.3) is 0 Å². The normalized spacial score (nSPS) is 13.9. The quantitative estimate of drug-likeness (QED) is 0.105. The van der Waals surface area contributed by atoms with Gasteiger partial charge in [-0.2, -0.15) is 39.5 Å². The van der Waals surface area contributed by atoms with Crippen molar-refractivity contribution in [2.24, 2.45) is 0 Å². The number of nitrogens with zero attached hydrogens (tertiary/aromatic N) is 1. The lowest BCUT2D eigenvalue weighted by Crippen LogP contribution is -2.61. The first kappa shape index (κ1) is 40.4. The van der Waals surface area contributed by atoms with Crippen LogP contribution in [0.2, 0.25) is 0 Å². The molecule has 1 atom stereocenters. The molecule has 0 saturated heterocycles. The molecule has 0 heterocycles. The van der Waals surface area contributed by atoms with E-state index in [1.807, 2.05) is 28.1 Å². The molecule has 1 N–H and O–H groups in total. The molecule has 1 aromatic rings. The maximum Gasteiger partial charge on any atom is 0.460 e. The average molecular weight is 665 g/mol. The summed E-state index contributed by atoms with van der Waals surface area (Å²) < 4.78 is 156. The van der Waals surface area contributed by atoms with Crippen molar-refractivity contribution in [1.29, 1.82) is 0 Å². The molecule has 0 fully saturated rings. The number of hydrogen-bond donors (Lipinski definition) is 1. The predicted molar refractivity (Wildman–Crippen MR) is 132 cm³/mol. The number of esters is 2. The molecule has 0 amide bonds. The Morgan fingerprint density at radius 1 is 0.953 bits per heavy atom. The summed E-state index contributed by atoms with van der Waals surface area (Å²) in [6, 6.07) is 4.34. The maximum absolute atomic E-state index is 13.5. The second-order valence-electron chi connectivity index (χ2n) is 10.2. The van der Waals surface area contributed by atoms with Crippen molar-refractivity contribution in [3.63, 3.8) is 0 Å². The summed E-state index contributed by atoms with van der Waals surface area (Å²) in [5, 5.41) is 2.59. The van der Waals surface area contributed by atoms with Crippen molar-refractivity contribution in [1.82, 2.24) is 5.32 Å². The molecule has 0 saturated carbocycles. The van der Waals surface area contributed by atoms with E-state index in [2.05, 4.69) is 14.8 Å². The molecule has 19 heteroatoms. The van der Waals surface area contributed by atoms with Gasteiger partial charge in [-0.1, -0.05) is 17.7 Å². The largest absolute Gasteiger partial charge is 0.744 e. The molecule has 0 bridgehead atoms. The minimum absolute atomic E-state index is 0.151. The van der Waals surface area contributed by atoms with Crippen LogP contribution in [0.3, 0.4) is 0 Å². The fourth-order valence-electron chi connectivity index (χ4n) is 2.97. The monoisotopic (exact) mass is 664 g/mol. The van der Waals surface area contributed by atoms with Gasteiger partial charge in [-0.05, 0) is 19.1 Å². The topological polar surface area (TPSA) is 122 Å². The van der Waals surface area contributed by atoms with Crippen molar-refractivity contribution in [3.05, 3.63) is 29.8 Å². The highest BCUT2D eigenvalue weighted by molar-refractivity contribution is 7.85. The molecule has 0 aliphatic rings. The molecule has 250 valence electrons. The van der Waals surface area contributed by atoms with Crippen molar-refractivity contribution >= 4 is 22.1 Å². The third-order valence-corrected chi connectivity index (χ3v) is 6.31. The standard InChI is InChI=1S/C17H26F9N2O4.C7H8O3S/c1-28(2,3)8-5-7-27-11(10-12(29)31-4)13(30)32-9-6-14(18,19)15(20,21)16(22,23)17(24,25)26;1-6-2-4-7(5-3-6)11(8,9)10/h11,27H,5-10H2,1-4H3;2-5H,1H3,(H,8,9,10)/q+1;/p-1. The molecule has 0 aromatic heterocycles. The van der Waals surface area contributed by atoms with E-state index in [4.69, 9.17) is 0 Å². The van der Waals surface area contributed by atoms with Crippen LogP contribution in [-0.2, 0) is 29.2 Å². The number of alkyl halides is 9. The predicted octanol–water partition coefficient (Wildman–Crippen LogP) is 3.90. The van der Waals surface area contributed by atoms with E-state index < -0.39 is 71.5 Å². The number of halogens is 9. The van der Waals surface area contributed by atoms with Gasteiger partial charge < -0.3 is 23.8 Å². The summed E-state index contributed by atoms with van der Waals surface area (Å²) in [6.45, 7) is 0.995. The Morgan fingerprint density at radius 2 is 1.47 bits per heavy atom. The van der Waals surface area contributed by atoms with Crippen LogP contribution in [0.1, 0.15) is 24.8 Å². The molecule has 9 nitrogen and oxygen atoms in total. The van der Waals surface area contributed by atoms with Crippen LogP contribution in [-0.4, -0.2) is 107 Å². The first-order valence-corrected chi connectivity index (χ1v) is 13.6. The van der Waals surface area contributed by atoms with Crippen molar-refractivity contribution in [2.45, 2.75) is 61.1 Å². The van der Waals surface area contributed by atoms with Gasteiger partial charge in [0.2, 0.25) is 0 Å². The second-order valence-corrected chi connectivity index (χ2v) is 11.6. The lowest BCUT2D eigenvalue weighted by atomic mass is 10.0. The Morgan fingerprint density at radius 3 is 1.88 bits per heavy atom. The number of rotatable bonds is 14. The highest BCUT2D eigenvalue weighted by atomic mass is 32.2. The molecular weight excluding hydrogens is 631 g/mol. The molecule has 0 aliphatic carbocycles. The van der Waals surface area contributed by atoms with Gasteiger partial charge in [0.1, 0.15) is 16.2 Å². The van der Waals surface area contributed by atoms with E-state index in [-0.39, 0.29) is 11.4 Å². The first-order chi connectivity index (χ1) is 19.2. The van der Waals surface area contributed by atoms with Crippen LogP contribution in [0, 0.1) is 6.92 Å². The number of nitrogens with one attached hydrogen (secondary N) is 1. The highest BCUT2D eigenvalue weighted by Crippen LogP contribution is 2.53. The van der Waals surface area contributed by atoms with Gasteiger partial charge in [-0.3, -0.25) is 9.59 Å². The van der Waals surface area contributed by atoms with Crippen LogP contribution in [0.4, 0.5) is 39.5 Å². The van der Waals surface area contributed by atoms with Gasteiger partial charge >= 0.3 is 35.9 Å². The Kier molecular flexibility index (Phi) is 14.4. The van der Waals surface area contributed by atoms with Gasteiger partial charge in [0.15, 0.2) is 0 Å². The fraction of sp³-hybridized carbons (Fsp3) is 0.667. The van der Waals surface area contributed by atoms with Crippen LogP contribution < -0.4 is 5.32 Å². The zero-order valence-electron chi connectivity index (χ0n) is 23.7. The Labute approximate surface area is 242 Å². The summed E-state index contributed by atoms with van der Waals surface area (Å²) in [5.74, 6) is -22.0. The van der Waals surface area contributed by atoms with Gasteiger partial charge in [0.05, 0.1) is 59.1 Å². The van der Waals surface area contributed by atoms with Gasteiger partial charge in [-0.25, -0.2) is 8.42 Å². The highest BCUT2D eigenvalue weighted by Gasteiger charge is 2.81. The third-order valence-electron chi connectivity index (χ3n) is 5.46. The van der Waals surface area contributed by atoms with Crippen LogP contribution in [0.25, 0.3) is 0 Å². The SMILES string of the molecule is COC(=O)CC(NCCC[N+](C)(C)C)C(=O)OCCC(F)(F)C(F)(F)C(F)(F)C(F)(F)F.Cc1ccc(S(=O)(=O)[O-])cc1. The Balaban J connectivity index is 0.00000133. The van der Waals surface area contributed by atoms with Gasteiger partial charge in [0, 0.05) is 13.0 Å². The molecule has 1 aromatic carbocycles. The fourth-order valence-corrected chi connectivity index (χ4v) is 3.44. The third kappa shape index (κ3) is 12.9. The van der Waals surface area contributed by atoms with E-state index >= 15 is 0 Å². The number of ether oxygens (including phenoxy) is 2. The summed E-state index contributed by atoms with van der Waals surface area (Å²) in [4.78, 5) is 23.2. The minimum atomic E-state index is -7.02. The van der Waals surface area contributed by atoms with Crippen molar-refractivity contribution in [2.75, 3.05) is 47.9 Å². The summed E-state index contributed by atoms with van der Waals surface area (Å²) in [6.07, 6.45) is -9.38. The Bertz CT molecular complexity index is 1160. The Hall–Kier alpha value is -2.64. The molecule has 43 heavy (non-hydrogen) atoms. The smallest absolute Gasteiger partial charge is 0.460 e. The molecular formula is C24H33F9N2O7S. The first-order valence-electron chi connectivity index (χ1n) is 12.2. The zero-order chi connectivity index (χ0) is 34.1. The van der Waals surface area contributed by atoms with E-state index in [1.165, 1.54) is 12.1 Å². The molecule has 1 unspecified atom stereocenters.